The molecule has 26 heavy (non-hydrogen) atoms. The molecule has 0 aliphatic carbocycles. The Morgan fingerprint density at radius 1 is 1.04 bits per heavy atom. The molecule has 4 rings (SSSR count). The van der Waals surface area contributed by atoms with Crippen LogP contribution in [-0.2, 0) is 4.74 Å². The Morgan fingerprint density at radius 2 is 1.96 bits per heavy atom. The highest BCUT2D eigenvalue weighted by Crippen LogP contribution is 2.28. The van der Waals surface area contributed by atoms with E-state index in [1.807, 2.05) is 6.07 Å². The van der Waals surface area contributed by atoms with Crippen LogP contribution in [0.1, 0.15) is 12.8 Å². The monoisotopic (exact) mass is 355 g/mol. The van der Waals surface area contributed by atoms with Gasteiger partial charge in [-0.15, -0.1) is 0 Å². The summed E-state index contributed by atoms with van der Waals surface area (Å²) in [4.78, 5) is 4.28. The van der Waals surface area contributed by atoms with E-state index in [0.29, 0.717) is 29.4 Å². The number of halogens is 2. The van der Waals surface area contributed by atoms with Crippen LogP contribution in [0.3, 0.4) is 0 Å². The quantitative estimate of drug-likeness (QED) is 0.646. The van der Waals surface area contributed by atoms with Crippen LogP contribution in [0, 0.1) is 17.6 Å². The number of rotatable bonds is 5. The molecule has 2 heterocycles. The smallest absolute Gasteiger partial charge is 0.127 e. The second-order valence-corrected chi connectivity index (χ2v) is 6.60. The van der Waals surface area contributed by atoms with Gasteiger partial charge in [-0.25, -0.2) is 8.78 Å². The Hall–Kier alpha value is -2.53. The Kier molecular flexibility index (Phi) is 4.80. The molecule has 1 atom stereocenters. The lowest BCUT2D eigenvalue weighted by Gasteiger charge is -2.11. The molecule has 134 valence electrons. The number of pyridine rings is 1. The molecule has 1 unspecified atom stereocenters. The maximum atomic E-state index is 14.0. The van der Waals surface area contributed by atoms with Gasteiger partial charge in [0.2, 0.25) is 0 Å². The highest BCUT2D eigenvalue weighted by molar-refractivity contribution is 5.83. The minimum atomic E-state index is -0.360. The summed E-state index contributed by atoms with van der Waals surface area (Å²) in [5, 5.41) is 0.803. The van der Waals surface area contributed by atoms with Crippen LogP contribution in [0.15, 0.2) is 48.7 Å². The fourth-order valence-electron chi connectivity index (χ4n) is 3.22. The largest absolute Gasteiger partial charge is 0.493 e. The van der Waals surface area contributed by atoms with Gasteiger partial charge in [-0.2, -0.15) is 0 Å². The van der Waals surface area contributed by atoms with Gasteiger partial charge in [0.15, 0.2) is 0 Å². The summed E-state index contributed by atoms with van der Waals surface area (Å²) in [7, 11) is 0. The first-order valence-electron chi connectivity index (χ1n) is 8.74. The standard InChI is InChI=1S/C21H19F2NO2/c22-18-2-1-15-7-17(12-24-21(15)11-18)16-8-19(23)10-20(9-16)26-6-4-14-3-5-25-13-14/h1-2,7-12,14H,3-6,13H2. The summed E-state index contributed by atoms with van der Waals surface area (Å²) in [5.74, 6) is 0.332. The molecule has 1 saturated heterocycles. The van der Waals surface area contributed by atoms with Crippen LogP contribution in [0.2, 0.25) is 0 Å². The van der Waals surface area contributed by atoms with E-state index in [4.69, 9.17) is 9.47 Å². The second kappa shape index (κ2) is 7.38. The Morgan fingerprint density at radius 3 is 2.81 bits per heavy atom. The van der Waals surface area contributed by atoms with E-state index >= 15 is 0 Å². The molecular formula is C21H19F2NO2. The van der Waals surface area contributed by atoms with Crippen molar-refractivity contribution in [1.29, 1.82) is 0 Å². The van der Waals surface area contributed by atoms with Crippen molar-refractivity contribution in [3.8, 4) is 16.9 Å². The first-order chi connectivity index (χ1) is 12.7. The van der Waals surface area contributed by atoms with Crippen molar-refractivity contribution in [2.45, 2.75) is 12.8 Å². The van der Waals surface area contributed by atoms with Crippen molar-refractivity contribution in [2.75, 3.05) is 19.8 Å². The van der Waals surface area contributed by atoms with Crippen molar-refractivity contribution in [3.05, 3.63) is 60.3 Å². The molecule has 0 radical (unpaired) electrons. The minimum absolute atomic E-state index is 0.327. The molecule has 0 spiro atoms. The highest BCUT2D eigenvalue weighted by atomic mass is 19.1. The van der Waals surface area contributed by atoms with Gasteiger partial charge in [-0.1, -0.05) is 0 Å². The lowest BCUT2D eigenvalue weighted by atomic mass is 10.0. The summed E-state index contributed by atoms with van der Waals surface area (Å²) in [6.07, 6.45) is 3.58. The van der Waals surface area contributed by atoms with E-state index in [9.17, 15) is 8.78 Å². The normalized spacial score (nSPS) is 16.9. The lowest BCUT2D eigenvalue weighted by molar-refractivity contribution is 0.178. The summed E-state index contributed by atoms with van der Waals surface area (Å²) in [6, 6.07) is 11.0. The van der Waals surface area contributed by atoms with Crippen LogP contribution in [0.5, 0.6) is 5.75 Å². The van der Waals surface area contributed by atoms with E-state index in [0.717, 1.165) is 37.0 Å². The van der Waals surface area contributed by atoms with Crippen molar-refractivity contribution in [2.24, 2.45) is 5.92 Å². The van der Waals surface area contributed by atoms with E-state index in [1.165, 1.54) is 24.3 Å². The van der Waals surface area contributed by atoms with Crippen LogP contribution < -0.4 is 4.74 Å². The van der Waals surface area contributed by atoms with Gasteiger partial charge in [0, 0.05) is 42.5 Å². The van der Waals surface area contributed by atoms with Gasteiger partial charge >= 0.3 is 0 Å². The van der Waals surface area contributed by atoms with Crippen LogP contribution in [0.25, 0.3) is 22.0 Å². The average Bonchev–Trinajstić information content (AvgIpc) is 3.14. The molecule has 2 aromatic carbocycles. The fraction of sp³-hybridized carbons (Fsp3) is 0.286. The molecule has 0 saturated carbocycles. The molecular weight excluding hydrogens is 336 g/mol. The molecule has 1 aliphatic rings. The summed E-state index contributed by atoms with van der Waals surface area (Å²) < 4.78 is 38.4. The van der Waals surface area contributed by atoms with Gasteiger partial charge in [0.25, 0.3) is 0 Å². The average molecular weight is 355 g/mol. The molecule has 1 fully saturated rings. The fourth-order valence-corrected chi connectivity index (χ4v) is 3.22. The third kappa shape index (κ3) is 3.83. The SMILES string of the molecule is Fc1cc(OCCC2CCOC2)cc(-c2cnc3cc(F)ccc3c2)c1. The van der Waals surface area contributed by atoms with Crippen molar-refractivity contribution in [3.63, 3.8) is 0 Å². The van der Waals surface area contributed by atoms with E-state index in [-0.39, 0.29) is 11.6 Å². The molecule has 1 aromatic heterocycles. The van der Waals surface area contributed by atoms with Gasteiger partial charge in [-0.3, -0.25) is 4.98 Å². The molecule has 3 aromatic rings. The minimum Gasteiger partial charge on any atom is -0.493 e. The topological polar surface area (TPSA) is 31.4 Å². The number of fused-ring (bicyclic) bond motifs is 1. The molecule has 0 bridgehead atoms. The van der Waals surface area contributed by atoms with Crippen molar-refractivity contribution in [1.82, 2.24) is 4.98 Å². The van der Waals surface area contributed by atoms with Gasteiger partial charge in [0.05, 0.1) is 12.1 Å². The van der Waals surface area contributed by atoms with E-state index < -0.39 is 0 Å². The molecule has 1 aliphatic heterocycles. The molecule has 0 amide bonds. The molecule has 0 N–H and O–H groups in total. The van der Waals surface area contributed by atoms with Gasteiger partial charge < -0.3 is 9.47 Å². The zero-order chi connectivity index (χ0) is 17.9. The van der Waals surface area contributed by atoms with Crippen LogP contribution in [-0.4, -0.2) is 24.8 Å². The maximum absolute atomic E-state index is 14.0. The number of ether oxygens (including phenoxy) is 2. The Labute approximate surface area is 150 Å². The van der Waals surface area contributed by atoms with Crippen LogP contribution >= 0.6 is 0 Å². The Balaban J connectivity index is 1.54. The van der Waals surface area contributed by atoms with Crippen molar-refractivity contribution < 1.29 is 18.3 Å². The highest BCUT2D eigenvalue weighted by Gasteiger charge is 2.15. The number of hydrogen-bond acceptors (Lipinski definition) is 3. The first kappa shape index (κ1) is 16.9. The molecule has 5 heteroatoms. The summed E-state index contributed by atoms with van der Waals surface area (Å²) in [6.45, 7) is 2.13. The van der Waals surface area contributed by atoms with Crippen molar-refractivity contribution >= 4 is 10.9 Å². The van der Waals surface area contributed by atoms with Crippen LogP contribution in [0.4, 0.5) is 8.78 Å². The lowest BCUT2D eigenvalue weighted by Crippen LogP contribution is -2.07. The second-order valence-electron chi connectivity index (χ2n) is 6.60. The maximum Gasteiger partial charge on any atom is 0.127 e. The zero-order valence-electron chi connectivity index (χ0n) is 14.3. The molecule has 3 nitrogen and oxygen atoms in total. The summed E-state index contributed by atoms with van der Waals surface area (Å²) in [5.41, 5.74) is 2.01. The number of benzene rings is 2. The zero-order valence-corrected chi connectivity index (χ0v) is 14.3. The first-order valence-corrected chi connectivity index (χ1v) is 8.74. The van der Waals surface area contributed by atoms with Gasteiger partial charge in [-0.05, 0) is 54.7 Å². The number of nitrogens with zero attached hydrogens (tertiary/aromatic N) is 1. The predicted octanol–water partition coefficient (Wildman–Crippen LogP) is 4.99. The number of aromatic nitrogens is 1. The van der Waals surface area contributed by atoms with Gasteiger partial charge in [0.1, 0.15) is 17.4 Å². The number of hydrogen-bond donors (Lipinski definition) is 0. The van der Waals surface area contributed by atoms with E-state index in [2.05, 4.69) is 4.98 Å². The summed E-state index contributed by atoms with van der Waals surface area (Å²) >= 11 is 0. The third-order valence-corrected chi connectivity index (χ3v) is 4.67. The third-order valence-electron chi connectivity index (χ3n) is 4.67. The predicted molar refractivity (Wildman–Crippen MR) is 96.1 cm³/mol. The van der Waals surface area contributed by atoms with E-state index in [1.54, 1.807) is 18.3 Å². The Bertz CT molecular complexity index is 923.